The van der Waals surface area contributed by atoms with Crippen molar-refractivity contribution >= 4 is 45.0 Å². The Kier molecular flexibility index (Phi) is 6.50. The lowest BCUT2D eigenvalue weighted by Gasteiger charge is -2.30. The molecule has 4 rings (SSSR count). The molecule has 0 spiro atoms. The Morgan fingerprint density at radius 2 is 2.10 bits per heavy atom. The third kappa shape index (κ3) is 5.37. The Hall–Kier alpha value is -2.16. The summed E-state index contributed by atoms with van der Waals surface area (Å²) >= 11 is 2.93. The summed E-state index contributed by atoms with van der Waals surface area (Å²) in [6, 6.07) is 10.4. The molecule has 1 amide bonds. The molecule has 0 saturated carbocycles. The Bertz CT molecular complexity index is 1080. The summed E-state index contributed by atoms with van der Waals surface area (Å²) < 4.78 is 5.92. The number of nitrogen functional groups attached to an aromatic ring is 1. The second kappa shape index (κ2) is 9.14. The fraction of sp³-hybridized carbons (Fsp3) is 0.435. The summed E-state index contributed by atoms with van der Waals surface area (Å²) in [5.74, 6) is 0.731. The van der Waals surface area contributed by atoms with Crippen molar-refractivity contribution < 1.29 is 9.53 Å². The van der Waals surface area contributed by atoms with Crippen molar-refractivity contribution in [2.45, 2.75) is 63.4 Å². The molecule has 0 aliphatic carbocycles. The predicted octanol–water partition coefficient (Wildman–Crippen LogP) is 4.35. The number of anilines is 1. The second-order valence-electron chi connectivity index (χ2n) is 8.58. The second-order valence-corrected chi connectivity index (χ2v) is 10.6. The van der Waals surface area contributed by atoms with Crippen molar-refractivity contribution in [3.05, 3.63) is 46.3 Å². The maximum atomic E-state index is 12.4. The summed E-state index contributed by atoms with van der Waals surface area (Å²) in [7, 11) is 0. The van der Waals surface area contributed by atoms with E-state index in [0.717, 1.165) is 29.5 Å². The zero-order chi connectivity index (χ0) is 22.0. The van der Waals surface area contributed by atoms with Crippen molar-refractivity contribution in [1.82, 2.24) is 15.3 Å². The van der Waals surface area contributed by atoms with E-state index in [9.17, 15) is 4.79 Å². The molecule has 3 N–H and O–H groups in total. The van der Waals surface area contributed by atoms with Crippen LogP contribution in [0.25, 0.3) is 10.2 Å². The van der Waals surface area contributed by atoms with Gasteiger partial charge in [0.25, 0.3) is 0 Å². The van der Waals surface area contributed by atoms with Gasteiger partial charge in [0.1, 0.15) is 10.6 Å². The molecule has 3 aromatic rings. The molecule has 2 aromatic heterocycles. The van der Waals surface area contributed by atoms with E-state index in [4.69, 9.17) is 10.5 Å². The van der Waals surface area contributed by atoms with Crippen LogP contribution in [-0.2, 0) is 29.0 Å². The first-order chi connectivity index (χ1) is 14.8. The first-order valence-electron chi connectivity index (χ1n) is 10.5. The van der Waals surface area contributed by atoms with Crippen molar-refractivity contribution in [3.63, 3.8) is 0 Å². The number of hydrogen-bond acceptors (Lipinski definition) is 7. The zero-order valence-electron chi connectivity index (χ0n) is 18.1. The minimum atomic E-state index is -0.212. The van der Waals surface area contributed by atoms with E-state index in [2.05, 4.69) is 41.3 Å². The van der Waals surface area contributed by atoms with Crippen LogP contribution in [0.4, 0.5) is 5.82 Å². The van der Waals surface area contributed by atoms with Gasteiger partial charge in [-0.25, -0.2) is 9.97 Å². The molecule has 8 heteroatoms. The van der Waals surface area contributed by atoms with Gasteiger partial charge < -0.3 is 15.8 Å². The van der Waals surface area contributed by atoms with E-state index >= 15 is 0 Å². The molecule has 0 saturated heterocycles. The van der Waals surface area contributed by atoms with E-state index < -0.39 is 0 Å². The Morgan fingerprint density at radius 1 is 1.32 bits per heavy atom. The van der Waals surface area contributed by atoms with Gasteiger partial charge in [0.15, 0.2) is 5.16 Å². The fourth-order valence-corrected chi connectivity index (χ4v) is 5.59. The molecule has 1 aliphatic rings. The molecule has 1 aromatic carbocycles. The third-order valence-electron chi connectivity index (χ3n) is 5.39. The van der Waals surface area contributed by atoms with E-state index in [-0.39, 0.29) is 23.3 Å². The molecule has 1 unspecified atom stereocenters. The third-order valence-corrected chi connectivity index (χ3v) is 7.33. The van der Waals surface area contributed by atoms with Crippen molar-refractivity contribution in [2.24, 2.45) is 0 Å². The number of thioether (sulfide) groups is 1. The summed E-state index contributed by atoms with van der Waals surface area (Å²) in [5, 5.41) is 4.54. The molecular formula is C23H28N4O2S2. The van der Waals surface area contributed by atoms with E-state index in [1.807, 2.05) is 25.1 Å². The standard InChI is InChI=1S/C23H28N4O2S2/c1-14(9-10-15-7-5-4-6-8-15)25-18(28)13-30-22-26-20(24)19-16-11-23(2,3)29-12-17(16)31-21(19)27-22/h4-8,14H,9-13H2,1-3H3,(H,25,28)(H2,24,26,27). The highest BCUT2D eigenvalue weighted by molar-refractivity contribution is 7.99. The van der Waals surface area contributed by atoms with E-state index in [1.54, 1.807) is 11.3 Å². The average Bonchev–Trinajstić information content (AvgIpc) is 3.08. The first kappa shape index (κ1) is 22.0. The van der Waals surface area contributed by atoms with E-state index in [1.165, 1.54) is 27.8 Å². The van der Waals surface area contributed by atoms with Gasteiger partial charge in [0, 0.05) is 17.3 Å². The average molecular weight is 457 g/mol. The highest BCUT2D eigenvalue weighted by Gasteiger charge is 2.30. The van der Waals surface area contributed by atoms with Crippen LogP contribution in [0.1, 0.15) is 43.2 Å². The van der Waals surface area contributed by atoms with Crippen LogP contribution < -0.4 is 11.1 Å². The topological polar surface area (TPSA) is 90.1 Å². The number of thiophene rings is 1. The zero-order valence-corrected chi connectivity index (χ0v) is 19.7. The molecule has 164 valence electrons. The number of rotatable bonds is 7. The van der Waals surface area contributed by atoms with Gasteiger partial charge in [-0.05, 0) is 44.7 Å². The number of carbonyl (C=O) groups is 1. The number of nitrogens with zero attached hydrogens (tertiary/aromatic N) is 2. The van der Waals surface area contributed by atoms with Crippen molar-refractivity contribution in [2.75, 3.05) is 11.5 Å². The normalized spacial score (nSPS) is 16.1. The minimum Gasteiger partial charge on any atom is -0.383 e. The number of nitrogens with one attached hydrogen (secondary N) is 1. The van der Waals surface area contributed by atoms with Crippen LogP contribution in [0.5, 0.6) is 0 Å². The minimum absolute atomic E-state index is 0.0200. The van der Waals surface area contributed by atoms with Crippen LogP contribution in [0, 0.1) is 0 Å². The van der Waals surface area contributed by atoms with Crippen LogP contribution in [0.3, 0.4) is 0 Å². The number of amides is 1. The smallest absolute Gasteiger partial charge is 0.230 e. The number of carbonyl (C=O) groups excluding carboxylic acids is 1. The summed E-state index contributed by atoms with van der Waals surface area (Å²) in [6.45, 7) is 6.78. The number of aromatic nitrogens is 2. The lowest BCUT2D eigenvalue weighted by Crippen LogP contribution is -2.34. The summed E-state index contributed by atoms with van der Waals surface area (Å²) in [6.07, 6.45) is 2.63. The van der Waals surface area contributed by atoms with Gasteiger partial charge in [-0.1, -0.05) is 42.1 Å². The van der Waals surface area contributed by atoms with Crippen LogP contribution >= 0.6 is 23.1 Å². The molecule has 0 fully saturated rings. The maximum absolute atomic E-state index is 12.4. The van der Waals surface area contributed by atoms with Gasteiger partial charge in [-0.15, -0.1) is 11.3 Å². The van der Waals surface area contributed by atoms with Gasteiger partial charge in [0.05, 0.1) is 23.3 Å². The van der Waals surface area contributed by atoms with Crippen LogP contribution in [0.2, 0.25) is 0 Å². The largest absolute Gasteiger partial charge is 0.383 e. The van der Waals surface area contributed by atoms with Crippen molar-refractivity contribution in [1.29, 1.82) is 0 Å². The highest BCUT2D eigenvalue weighted by Crippen LogP contribution is 2.40. The first-order valence-corrected chi connectivity index (χ1v) is 12.3. The maximum Gasteiger partial charge on any atom is 0.230 e. The molecule has 31 heavy (non-hydrogen) atoms. The van der Waals surface area contributed by atoms with Crippen molar-refractivity contribution in [3.8, 4) is 0 Å². The highest BCUT2D eigenvalue weighted by atomic mass is 32.2. The van der Waals surface area contributed by atoms with Crippen LogP contribution in [0.15, 0.2) is 35.5 Å². The molecule has 3 heterocycles. The lowest BCUT2D eigenvalue weighted by atomic mass is 9.94. The predicted molar refractivity (Wildman–Crippen MR) is 127 cm³/mol. The number of aryl methyl sites for hydroxylation is 1. The van der Waals surface area contributed by atoms with Gasteiger partial charge in [-0.2, -0.15) is 0 Å². The van der Waals surface area contributed by atoms with Crippen LogP contribution in [-0.4, -0.2) is 33.3 Å². The van der Waals surface area contributed by atoms with Gasteiger partial charge in [0.2, 0.25) is 5.91 Å². The van der Waals surface area contributed by atoms with E-state index in [0.29, 0.717) is 17.6 Å². The Labute approximate surface area is 191 Å². The Balaban J connectivity index is 1.35. The molecule has 0 bridgehead atoms. The molecule has 1 aliphatic heterocycles. The summed E-state index contributed by atoms with van der Waals surface area (Å²) in [5.41, 5.74) is 8.57. The summed E-state index contributed by atoms with van der Waals surface area (Å²) in [4.78, 5) is 23.6. The Morgan fingerprint density at radius 3 is 2.87 bits per heavy atom. The molecule has 0 radical (unpaired) electrons. The fourth-order valence-electron chi connectivity index (χ4n) is 3.76. The quantitative estimate of drug-likeness (QED) is 0.406. The number of benzene rings is 1. The van der Waals surface area contributed by atoms with Gasteiger partial charge in [-0.3, -0.25) is 4.79 Å². The molecule has 1 atom stereocenters. The molecule has 6 nitrogen and oxygen atoms in total. The number of nitrogens with two attached hydrogens (primary N) is 1. The number of hydrogen-bond donors (Lipinski definition) is 2. The number of fused-ring (bicyclic) bond motifs is 3. The SMILES string of the molecule is CC(CCc1ccccc1)NC(=O)CSc1nc(N)c2c3c(sc2n1)COC(C)(C)C3. The lowest BCUT2D eigenvalue weighted by molar-refractivity contribution is -0.119. The monoisotopic (exact) mass is 456 g/mol. The molecular weight excluding hydrogens is 428 g/mol. The van der Waals surface area contributed by atoms with Gasteiger partial charge >= 0.3 is 0 Å². The number of ether oxygens (including phenoxy) is 1.